The number of nitrogens with zero attached hydrogens (tertiary/aromatic N) is 2. The van der Waals surface area contributed by atoms with Gasteiger partial charge in [0.15, 0.2) is 0 Å². The molecule has 0 atom stereocenters. The summed E-state index contributed by atoms with van der Waals surface area (Å²) in [5.41, 5.74) is 1.81. The van der Waals surface area contributed by atoms with Crippen molar-refractivity contribution in [1.82, 2.24) is 9.97 Å². The van der Waals surface area contributed by atoms with Crippen LogP contribution in [0.4, 0.5) is 11.5 Å². The Labute approximate surface area is 151 Å². The first kappa shape index (κ1) is 17.2. The Kier molecular flexibility index (Phi) is 5.16. The largest absolute Gasteiger partial charge is 0.380 e. The number of pyridine rings is 2. The molecule has 3 rings (SSSR count). The Morgan fingerprint density at radius 3 is 2.44 bits per heavy atom. The van der Waals surface area contributed by atoms with Gasteiger partial charge in [-0.2, -0.15) is 0 Å². The highest BCUT2D eigenvalue weighted by atomic mass is 35.5. The Bertz CT molecular complexity index is 931. The van der Waals surface area contributed by atoms with Gasteiger partial charge in [0, 0.05) is 24.0 Å². The molecule has 6 nitrogen and oxygen atoms in total. The van der Waals surface area contributed by atoms with Gasteiger partial charge in [-0.3, -0.25) is 9.71 Å². The second-order valence-electron chi connectivity index (χ2n) is 5.21. The standard InChI is InChI=1S/C17H15ClN4O2S/c18-14-3-6-16(7-4-14)25(23,24)22-17-8-5-15(12-21-17)20-11-13-2-1-9-19-10-13/h1-10,12,20H,11H2,(H,21,22). The van der Waals surface area contributed by atoms with Crippen LogP contribution < -0.4 is 10.0 Å². The molecule has 0 saturated heterocycles. The lowest BCUT2D eigenvalue weighted by molar-refractivity contribution is 0.601. The lowest BCUT2D eigenvalue weighted by atomic mass is 10.3. The average Bonchev–Trinajstić information content (AvgIpc) is 2.62. The maximum absolute atomic E-state index is 12.3. The van der Waals surface area contributed by atoms with Crippen molar-refractivity contribution in [3.05, 3.63) is 77.7 Å². The number of aromatic nitrogens is 2. The van der Waals surface area contributed by atoms with Crippen molar-refractivity contribution in [3.63, 3.8) is 0 Å². The highest BCUT2D eigenvalue weighted by molar-refractivity contribution is 7.92. The summed E-state index contributed by atoms with van der Waals surface area (Å²) in [6.45, 7) is 0.603. The van der Waals surface area contributed by atoms with E-state index in [-0.39, 0.29) is 10.7 Å². The van der Waals surface area contributed by atoms with Gasteiger partial charge in [0.1, 0.15) is 5.82 Å². The number of anilines is 2. The third-order valence-electron chi connectivity index (χ3n) is 3.35. The molecule has 1 aromatic carbocycles. The summed E-state index contributed by atoms with van der Waals surface area (Å²) < 4.78 is 27.0. The van der Waals surface area contributed by atoms with E-state index in [1.54, 1.807) is 30.7 Å². The van der Waals surface area contributed by atoms with Gasteiger partial charge in [-0.05, 0) is 48.0 Å². The fraction of sp³-hybridized carbons (Fsp3) is 0.0588. The van der Waals surface area contributed by atoms with Crippen LogP contribution in [0, 0.1) is 0 Å². The molecule has 0 bridgehead atoms. The fourth-order valence-corrected chi connectivity index (χ4v) is 3.21. The van der Waals surface area contributed by atoms with Gasteiger partial charge in [0.05, 0.1) is 16.8 Å². The van der Waals surface area contributed by atoms with E-state index in [1.807, 2.05) is 12.1 Å². The topological polar surface area (TPSA) is 84.0 Å². The van der Waals surface area contributed by atoms with Crippen LogP contribution in [0.2, 0.25) is 5.02 Å². The van der Waals surface area contributed by atoms with E-state index in [4.69, 9.17) is 11.6 Å². The molecule has 0 fully saturated rings. The molecule has 0 spiro atoms. The first-order valence-corrected chi connectivity index (χ1v) is 9.26. The van der Waals surface area contributed by atoms with Gasteiger partial charge in [0.25, 0.3) is 10.0 Å². The predicted octanol–water partition coefficient (Wildman–Crippen LogP) is 3.54. The Hall–Kier alpha value is -2.64. The second kappa shape index (κ2) is 7.50. The Morgan fingerprint density at radius 1 is 1.00 bits per heavy atom. The average molecular weight is 375 g/mol. The van der Waals surface area contributed by atoms with Crippen LogP contribution in [0.1, 0.15) is 5.56 Å². The molecular weight excluding hydrogens is 360 g/mol. The van der Waals surface area contributed by atoms with Gasteiger partial charge in [-0.25, -0.2) is 13.4 Å². The van der Waals surface area contributed by atoms with Crippen LogP contribution in [0.15, 0.2) is 72.0 Å². The minimum absolute atomic E-state index is 0.123. The van der Waals surface area contributed by atoms with E-state index in [0.29, 0.717) is 11.6 Å². The fourth-order valence-electron chi connectivity index (χ4n) is 2.08. The Morgan fingerprint density at radius 2 is 1.80 bits per heavy atom. The maximum Gasteiger partial charge on any atom is 0.263 e. The van der Waals surface area contributed by atoms with Gasteiger partial charge in [0.2, 0.25) is 0 Å². The molecule has 0 aliphatic carbocycles. The van der Waals surface area contributed by atoms with Crippen LogP contribution in [-0.4, -0.2) is 18.4 Å². The summed E-state index contributed by atoms with van der Waals surface area (Å²) in [7, 11) is -3.70. The maximum atomic E-state index is 12.3. The van der Waals surface area contributed by atoms with Crippen molar-refractivity contribution in [1.29, 1.82) is 0 Å². The predicted molar refractivity (Wildman–Crippen MR) is 98.1 cm³/mol. The van der Waals surface area contributed by atoms with Crippen molar-refractivity contribution in [3.8, 4) is 0 Å². The number of benzene rings is 1. The minimum Gasteiger partial charge on any atom is -0.380 e. The van der Waals surface area contributed by atoms with Crippen LogP contribution in [0.25, 0.3) is 0 Å². The third-order valence-corrected chi connectivity index (χ3v) is 4.97. The summed E-state index contributed by atoms with van der Waals surface area (Å²) >= 11 is 5.77. The zero-order chi connectivity index (χ0) is 17.7. The van der Waals surface area contributed by atoms with E-state index in [1.165, 1.54) is 24.3 Å². The zero-order valence-electron chi connectivity index (χ0n) is 13.1. The zero-order valence-corrected chi connectivity index (χ0v) is 14.6. The highest BCUT2D eigenvalue weighted by Crippen LogP contribution is 2.18. The first-order valence-electron chi connectivity index (χ1n) is 7.40. The van der Waals surface area contributed by atoms with Gasteiger partial charge < -0.3 is 5.32 Å². The van der Waals surface area contributed by atoms with Gasteiger partial charge in [-0.1, -0.05) is 17.7 Å². The van der Waals surface area contributed by atoms with Gasteiger partial charge >= 0.3 is 0 Å². The number of hydrogen-bond acceptors (Lipinski definition) is 5. The lowest BCUT2D eigenvalue weighted by Crippen LogP contribution is -2.13. The Balaban J connectivity index is 1.65. The number of nitrogens with one attached hydrogen (secondary N) is 2. The number of hydrogen-bond donors (Lipinski definition) is 2. The molecular formula is C17H15ClN4O2S. The highest BCUT2D eigenvalue weighted by Gasteiger charge is 2.14. The van der Waals surface area contributed by atoms with E-state index >= 15 is 0 Å². The number of rotatable bonds is 6. The van der Waals surface area contributed by atoms with Crippen LogP contribution in [0.3, 0.4) is 0 Å². The summed E-state index contributed by atoms with van der Waals surface area (Å²) in [4.78, 5) is 8.29. The SMILES string of the molecule is O=S(=O)(Nc1ccc(NCc2cccnc2)cn1)c1ccc(Cl)cc1. The molecule has 2 heterocycles. The monoisotopic (exact) mass is 374 g/mol. The molecule has 0 aliphatic heterocycles. The summed E-state index contributed by atoms with van der Waals surface area (Å²) in [6, 6.07) is 13.1. The molecule has 3 aromatic rings. The minimum atomic E-state index is -3.70. The molecule has 128 valence electrons. The van der Waals surface area contributed by atoms with E-state index in [0.717, 1.165) is 11.3 Å². The summed E-state index contributed by atoms with van der Waals surface area (Å²) in [6.07, 6.45) is 5.05. The molecule has 2 N–H and O–H groups in total. The van der Waals surface area contributed by atoms with Crippen molar-refractivity contribution in [2.24, 2.45) is 0 Å². The van der Waals surface area contributed by atoms with E-state index in [2.05, 4.69) is 20.0 Å². The van der Waals surface area contributed by atoms with Crippen molar-refractivity contribution in [2.45, 2.75) is 11.4 Å². The van der Waals surface area contributed by atoms with Crippen molar-refractivity contribution in [2.75, 3.05) is 10.0 Å². The van der Waals surface area contributed by atoms with Crippen LogP contribution >= 0.6 is 11.6 Å². The second-order valence-corrected chi connectivity index (χ2v) is 7.33. The number of sulfonamides is 1. The third kappa shape index (κ3) is 4.68. The number of halogens is 1. The molecule has 8 heteroatoms. The smallest absolute Gasteiger partial charge is 0.263 e. The molecule has 0 aliphatic rings. The van der Waals surface area contributed by atoms with Crippen LogP contribution in [-0.2, 0) is 16.6 Å². The first-order chi connectivity index (χ1) is 12.0. The normalized spacial score (nSPS) is 11.1. The van der Waals surface area contributed by atoms with Crippen LogP contribution in [0.5, 0.6) is 0 Å². The van der Waals surface area contributed by atoms with Gasteiger partial charge in [-0.15, -0.1) is 0 Å². The van der Waals surface area contributed by atoms with Crippen molar-refractivity contribution >= 4 is 33.1 Å². The van der Waals surface area contributed by atoms with Crippen molar-refractivity contribution < 1.29 is 8.42 Å². The molecule has 0 amide bonds. The molecule has 0 unspecified atom stereocenters. The summed E-state index contributed by atoms with van der Waals surface area (Å²) in [5, 5.41) is 3.67. The molecule has 0 radical (unpaired) electrons. The lowest BCUT2D eigenvalue weighted by Gasteiger charge is -2.09. The molecule has 0 saturated carbocycles. The van der Waals surface area contributed by atoms with E-state index in [9.17, 15) is 8.42 Å². The molecule has 25 heavy (non-hydrogen) atoms. The molecule has 2 aromatic heterocycles. The van der Waals surface area contributed by atoms with E-state index < -0.39 is 10.0 Å². The quantitative estimate of drug-likeness (QED) is 0.689. The summed E-state index contributed by atoms with van der Waals surface area (Å²) in [5.74, 6) is 0.238.